The Morgan fingerprint density at radius 2 is 1.93 bits per heavy atom. The maximum absolute atomic E-state index is 12.9. The Morgan fingerprint density at radius 3 is 2.43 bits per heavy atom. The second-order valence-corrected chi connectivity index (χ2v) is 4.44. The third-order valence-corrected chi connectivity index (χ3v) is 2.86. The molecular weight excluding hydrogens is 329 g/mol. The van der Waals surface area contributed by atoms with E-state index < -0.39 is 16.8 Å². The number of benzene rings is 1. The Balaban J connectivity index is 3.14. The summed E-state index contributed by atoms with van der Waals surface area (Å²) in [4.78, 5) is -3.48. The standard InChI is InChI=1S/C8H5Br2F3O/c9-6-4(2-1-3-5(6)11)7(14)8(10,12)13/h1-3,7,14H. The Hall–Kier alpha value is -0.0700. The van der Waals surface area contributed by atoms with E-state index in [0.29, 0.717) is 0 Å². The van der Waals surface area contributed by atoms with Crippen LogP contribution in [0.4, 0.5) is 13.2 Å². The lowest BCUT2D eigenvalue weighted by Crippen LogP contribution is -2.18. The number of hydrogen-bond donors (Lipinski definition) is 1. The Bertz CT molecular complexity index is 338. The minimum atomic E-state index is -3.48. The molecule has 1 aromatic carbocycles. The van der Waals surface area contributed by atoms with E-state index in [4.69, 9.17) is 5.11 Å². The lowest BCUT2D eigenvalue weighted by Gasteiger charge is -2.17. The molecule has 1 atom stereocenters. The van der Waals surface area contributed by atoms with Gasteiger partial charge in [0.05, 0.1) is 4.47 Å². The van der Waals surface area contributed by atoms with Crippen LogP contribution in [0.15, 0.2) is 22.7 Å². The second-order valence-electron chi connectivity index (χ2n) is 2.59. The predicted molar refractivity (Wildman–Crippen MR) is 52.9 cm³/mol. The quantitative estimate of drug-likeness (QED) is 0.820. The van der Waals surface area contributed by atoms with Crippen molar-refractivity contribution in [3.05, 3.63) is 34.1 Å². The van der Waals surface area contributed by atoms with Crippen LogP contribution < -0.4 is 0 Å². The van der Waals surface area contributed by atoms with Crippen molar-refractivity contribution in [2.24, 2.45) is 0 Å². The summed E-state index contributed by atoms with van der Waals surface area (Å²) in [6, 6.07) is 3.57. The topological polar surface area (TPSA) is 20.2 Å². The van der Waals surface area contributed by atoms with E-state index in [-0.39, 0.29) is 10.0 Å². The van der Waals surface area contributed by atoms with Crippen molar-refractivity contribution >= 4 is 31.9 Å². The summed E-state index contributed by atoms with van der Waals surface area (Å²) in [6.07, 6.45) is -2.09. The number of halogens is 5. The van der Waals surface area contributed by atoms with Gasteiger partial charge in [-0.15, -0.1) is 0 Å². The van der Waals surface area contributed by atoms with Gasteiger partial charge in [-0.2, -0.15) is 8.78 Å². The van der Waals surface area contributed by atoms with Gasteiger partial charge in [-0.3, -0.25) is 0 Å². The van der Waals surface area contributed by atoms with Crippen LogP contribution in [0.25, 0.3) is 0 Å². The van der Waals surface area contributed by atoms with Crippen molar-refractivity contribution in [2.75, 3.05) is 0 Å². The summed E-state index contributed by atoms with van der Waals surface area (Å²) in [7, 11) is 0. The molecule has 6 heteroatoms. The maximum Gasteiger partial charge on any atom is 0.330 e. The van der Waals surface area contributed by atoms with Gasteiger partial charge in [-0.05, 0) is 37.9 Å². The first-order chi connectivity index (χ1) is 6.34. The summed E-state index contributed by atoms with van der Waals surface area (Å²) in [5.41, 5.74) is -0.202. The zero-order chi connectivity index (χ0) is 10.9. The van der Waals surface area contributed by atoms with Crippen molar-refractivity contribution in [3.8, 4) is 0 Å². The number of aliphatic hydroxyl groups excluding tert-OH is 1. The van der Waals surface area contributed by atoms with Crippen LogP contribution in [0.1, 0.15) is 11.7 Å². The molecule has 1 N–H and O–H groups in total. The third-order valence-electron chi connectivity index (χ3n) is 1.59. The zero-order valence-electron chi connectivity index (χ0n) is 6.65. The van der Waals surface area contributed by atoms with Crippen LogP contribution in [0.2, 0.25) is 0 Å². The molecule has 0 aliphatic heterocycles. The Kier molecular flexibility index (Phi) is 3.60. The van der Waals surface area contributed by atoms with Crippen molar-refractivity contribution < 1.29 is 18.3 Å². The molecule has 1 nitrogen and oxygen atoms in total. The molecule has 0 amide bonds. The molecule has 0 fully saturated rings. The van der Waals surface area contributed by atoms with Crippen molar-refractivity contribution in [2.45, 2.75) is 10.9 Å². The van der Waals surface area contributed by atoms with Crippen molar-refractivity contribution in [1.29, 1.82) is 0 Å². The van der Waals surface area contributed by atoms with Crippen LogP contribution in [-0.2, 0) is 0 Å². The van der Waals surface area contributed by atoms with Gasteiger partial charge < -0.3 is 5.11 Å². The van der Waals surface area contributed by atoms with Gasteiger partial charge in [-0.25, -0.2) is 4.39 Å². The van der Waals surface area contributed by atoms with E-state index in [1.165, 1.54) is 12.1 Å². The van der Waals surface area contributed by atoms with Gasteiger partial charge in [0.15, 0.2) is 6.10 Å². The maximum atomic E-state index is 12.9. The first-order valence-corrected chi connectivity index (χ1v) is 5.11. The number of aliphatic hydroxyl groups is 1. The molecule has 0 aliphatic carbocycles. The highest BCUT2D eigenvalue weighted by Crippen LogP contribution is 2.39. The number of hydrogen-bond acceptors (Lipinski definition) is 1. The minimum Gasteiger partial charge on any atom is -0.381 e. The minimum absolute atomic E-state index is 0.161. The summed E-state index contributed by atoms with van der Waals surface area (Å²) in [5, 5.41) is 9.17. The van der Waals surface area contributed by atoms with Crippen LogP contribution in [0, 0.1) is 5.82 Å². The average Bonchev–Trinajstić information content (AvgIpc) is 2.07. The highest BCUT2D eigenvalue weighted by atomic mass is 79.9. The molecule has 0 heterocycles. The largest absolute Gasteiger partial charge is 0.381 e. The van der Waals surface area contributed by atoms with Crippen molar-refractivity contribution in [1.82, 2.24) is 0 Å². The fourth-order valence-corrected chi connectivity index (χ4v) is 1.64. The summed E-state index contributed by atoms with van der Waals surface area (Å²) < 4.78 is 38.0. The predicted octanol–water partition coefficient (Wildman–Crippen LogP) is 3.61. The first kappa shape index (κ1) is 12.0. The van der Waals surface area contributed by atoms with Crippen LogP contribution in [-0.4, -0.2) is 9.94 Å². The van der Waals surface area contributed by atoms with Gasteiger partial charge in [0, 0.05) is 5.56 Å². The van der Waals surface area contributed by atoms with E-state index >= 15 is 0 Å². The Morgan fingerprint density at radius 1 is 1.36 bits per heavy atom. The molecule has 0 spiro atoms. The van der Waals surface area contributed by atoms with E-state index in [1.54, 1.807) is 0 Å². The van der Waals surface area contributed by atoms with Gasteiger partial charge in [0.1, 0.15) is 5.82 Å². The van der Waals surface area contributed by atoms with Crippen LogP contribution in [0.5, 0.6) is 0 Å². The Labute approximate surface area is 95.2 Å². The normalized spacial score (nSPS) is 14.1. The molecule has 0 bridgehead atoms. The lowest BCUT2D eigenvalue weighted by atomic mass is 10.1. The molecule has 1 unspecified atom stereocenters. The van der Waals surface area contributed by atoms with E-state index in [9.17, 15) is 13.2 Å². The van der Waals surface area contributed by atoms with E-state index in [2.05, 4.69) is 15.9 Å². The smallest absolute Gasteiger partial charge is 0.330 e. The zero-order valence-corrected chi connectivity index (χ0v) is 9.82. The van der Waals surface area contributed by atoms with Crippen LogP contribution >= 0.6 is 31.9 Å². The molecule has 78 valence electrons. The lowest BCUT2D eigenvalue weighted by molar-refractivity contribution is -0.0299. The van der Waals surface area contributed by atoms with Crippen molar-refractivity contribution in [3.63, 3.8) is 0 Å². The number of alkyl halides is 3. The molecule has 0 saturated heterocycles. The third kappa shape index (κ3) is 2.49. The molecule has 0 aromatic heterocycles. The highest BCUT2D eigenvalue weighted by Gasteiger charge is 2.37. The van der Waals surface area contributed by atoms with Gasteiger partial charge in [0.25, 0.3) is 0 Å². The summed E-state index contributed by atoms with van der Waals surface area (Å²) in [6.45, 7) is 0. The SMILES string of the molecule is OC(c1cccc(F)c1Br)C(F)(F)Br. The fourth-order valence-electron chi connectivity index (χ4n) is 0.908. The monoisotopic (exact) mass is 332 g/mol. The fraction of sp³-hybridized carbons (Fsp3) is 0.250. The highest BCUT2D eigenvalue weighted by molar-refractivity contribution is 9.10. The van der Waals surface area contributed by atoms with Gasteiger partial charge in [-0.1, -0.05) is 12.1 Å². The first-order valence-electron chi connectivity index (χ1n) is 3.52. The molecule has 0 radical (unpaired) electrons. The van der Waals surface area contributed by atoms with E-state index in [1.807, 2.05) is 15.9 Å². The molecule has 1 rings (SSSR count). The second kappa shape index (κ2) is 4.20. The van der Waals surface area contributed by atoms with Gasteiger partial charge in [0.2, 0.25) is 0 Å². The molecule has 0 aliphatic rings. The average molecular weight is 334 g/mol. The molecular formula is C8H5Br2F3O. The summed E-state index contributed by atoms with van der Waals surface area (Å²) in [5.74, 6) is -0.696. The van der Waals surface area contributed by atoms with Crippen LogP contribution in [0.3, 0.4) is 0 Å². The van der Waals surface area contributed by atoms with E-state index in [0.717, 1.165) is 6.07 Å². The molecule has 1 aromatic rings. The molecule has 14 heavy (non-hydrogen) atoms. The van der Waals surface area contributed by atoms with Gasteiger partial charge >= 0.3 is 4.83 Å². The molecule has 0 saturated carbocycles. The number of rotatable bonds is 2. The summed E-state index contributed by atoms with van der Waals surface area (Å²) >= 11 is 4.80.